The second-order valence-corrected chi connectivity index (χ2v) is 10.1. The molecule has 0 aliphatic carbocycles. The number of aromatic nitrogens is 3. The van der Waals surface area contributed by atoms with Crippen molar-refractivity contribution in [1.29, 1.82) is 0 Å². The zero-order valence-electron chi connectivity index (χ0n) is 18.3. The number of sulfonamides is 1. The molecule has 0 amide bonds. The lowest BCUT2D eigenvalue weighted by molar-refractivity contribution is 0.353. The third kappa shape index (κ3) is 3.99. The van der Waals surface area contributed by atoms with Gasteiger partial charge in [-0.25, -0.2) is 13.4 Å². The molecule has 166 valence electrons. The lowest BCUT2D eigenvalue weighted by atomic mass is 10.1. The Morgan fingerprint density at radius 3 is 2.65 bits per heavy atom. The van der Waals surface area contributed by atoms with Gasteiger partial charge in [-0.15, -0.1) is 0 Å². The SMILES string of the molecule is COc1ccc(S(=O)(=O)N2CC[C@@H](c3nc4ccncc4n3CC(C)C)C2)cc1OC. The molecule has 4 rings (SSSR count). The molecule has 1 aliphatic rings. The van der Waals surface area contributed by atoms with Crippen molar-refractivity contribution in [3.8, 4) is 11.5 Å². The van der Waals surface area contributed by atoms with E-state index in [0.29, 0.717) is 30.5 Å². The molecule has 3 aromatic rings. The molecule has 1 aromatic carbocycles. The Labute approximate surface area is 182 Å². The number of fused-ring (bicyclic) bond motifs is 1. The van der Waals surface area contributed by atoms with E-state index in [1.807, 2.05) is 12.3 Å². The Morgan fingerprint density at radius 1 is 1.16 bits per heavy atom. The van der Waals surface area contributed by atoms with E-state index in [1.54, 1.807) is 18.3 Å². The first-order valence-corrected chi connectivity index (χ1v) is 11.8. The van der Waals surface area contributed by atoms with Gasteiger partial charge in [0.05, 0.1) is 36.3 Å². The van der Waals surface area contributed by atoms with E-state index in [-0.39, 0.29) is 10.8 Å². The minimum atomic E-state index is -3.65. The molecular weight excluding hydrogens is 416 g/mol. The molecule has 1 saturated heterocycles. The highest BCUT2D eigenvalue weighted by atomic mass is 32.2. The van der Waals surface area contributed by atoms with Gasteiger partial charge in [-0.3, -0.25) is 4.98 Å². The van der Waals surface area contributed by atoms with Crippen molar-refractivity contribution in [3.63, 3.8) is 0 Å². The fourth-order valence-electron chi connectivity index (χ4n) is 4.14. The van der Waals surface area contributed by atoms with E-state index in [4.69, 9.17) is 14.5 Å². The summed E-state index contributed by atoms with van der Waals surface area (Å²) in [6.45, 7) is 5.98. The lowest BCUT2D eigenvalue weighted by Crippen LogP contribution is -2.29. The van der Waals surface area contributed by atoms with Gasteiger partial charge in [-0.2, -0.15) is 4.31 Å². The van der Waals surface area contributed by atoms with Gasteiger partial charge in [0.15, 0.2) is 11.5 Å². The summed E-state index contributed by atoms with van der Waals surface area (Å²) in [5.41, 5.74) is 1.89. The topological polar surface area (TPSA) is 86.6 Å². The zero-order chi connectivity index (χ0) is 22.2. The number of ether oxygens (including phenoxy) is 2. The number of hydrogen-bond donors (Lipinski definition) is 0. The fraction of sp³-hybridized carbons (Fsp3) is 0.455. The van der Waals surface area contributed by atoms with Gasteiger partial charge in [0.1, 0.15) is 5.82 Å². The molecule has 1 aliphatic heterocycles. The van der Waals surface area contributed by atoms with Crippen molar-refractivity contribution in [2.24, 2.45) is 5.92 Å². The lowest BCUT2D eigenvalue weighted by Gasteiger charge is -2.19. The van der Waals surface area contributed by atoms with E-state index >= 15 is 0 Å². The number of rotatable bonds is 7. The molecule has 0 radical (unpaired) electrons. The first kappa shape index (κ1) is 21.6. The van der Waals surface area contributed by atoms with Crippen LogP contribution in [-0.2, 0) is 16.6 Å². The van der Waals surface area contributed by atoms with Gasteiger partial charge < -0.3 is 14.0 Å². The normalized spacial score (nSPS) is 17.5. The van der Waals surface area contributed by atoms with Crippen LogP contribution in [0.15, 0.2) is 41.6 Å². The second kappa shape index (κ2) is 8.47. The number of imidazole rings is 1. The van der Waals surface area contributed by atoms with E-state index in [9.17, 15) is 8.42 Å². The van der Waals surface area contributed by atoms with Crippen molar-refractivity contribution in [2.75, 3.05) is 27.3 Å². The van der Waals surface area contributed by atoms with Crippen LogP contribution in [0.25, 0.3) is 11.0 Å². The van der Waals surface area contributed by atoms with Crippen molar-refractivity contribution in [3.05, 3.63) is 42.5 Å². The summed E-state index contributed by atoms with van der Waals surface area (Å²) >= 11 is 0. The Bertz CT molecular complexity index is 1190. The predicted octanol–water partition coefficient (Wildman–Crippen LogP) is 3.28. The molecule has 2 aromatic heterocycles. The summed E-state index contributed by atoms with van der Waals surface area (Å²) < 4.78 is 40.9. The average molecular weight is 445 g/mol. The van der Waals surface area contributed by atoms with Gasteiger partial charge in [0, 0.05) is 37.8 Å². The summed E-state index contributed by atoms with van der Waals surface area (Å²) in [4.78, 5) is 9.31. The van der Waals surface area contributed by atoms with Gasteiger partial charge in [0.25, 0.3) is 0 Å². The molecule has 31 heavy (non-hydrogen) atoms. The van der Waals surface area contributed by atoms with Crippen LogP contribution >= 0.6 is 0 Å². The van der Waals surface area contributed by atoms with Gasteiger partial charge in [-0.05, 0) is 30.5 Å². The standard InChI is InChI=1S/C22H28N4O4S/c1-15(2)13-26-19-12-23-9-7-18(19)24-22(26)16-8-10-25(14-16)31(27,28)17-5-6-20(29-3)21(11-17)30-4/h5-7,9,11-12,15-16H,8,10,13-14H2,1-4H3/t16-/m1/s1. The molecule has 0 spiro atoms. The Balaban J connectivity index is 1.64. The molecule has 0 unspecified atom stereocenters. The first-order valence-electron chi connectivity index (χ1n) is 10.4. The molecule has 0 bridgehead atoms. The summed E-state index contributed by atoms with van der Waals surface area (Å²) in [7, 11) is -0.637. The van der Waals surface area contributed by atoms with Crippen LogP contribution in [0.4, 0.5) is 0 Å². The quantitative estimate of drug-likeness (QED) is 0.556. The van der Waals surface area contributed by atoms with Crippen molar-refractivity contribution < 1.29 is 17.9 Å². The second-order valence-electron chi connectivity index (χ2n) is 8.20. The van der Waals surface area contributed by atoms with E-state index in [1.165, 1.54) is 24.6 Å². The smallest absolute Gasteiger partial charge is 0.243 e. The number of methoxy groups -OCH3 is 2. The maximum absolute atomic E-state index is 13.3. The molecule has 1 fully saturated rings. The highest BCUT2D eigenvalue weighted by Gasteiger charge is 2.36. The summed E-state index contributed by atoms with van der Waals surface area (Å²) in [5, 5.41) is 0. The third-order valence-corrected chi connectivity index (χ3v) is 7.50. The molecule has 0 saturated carbocycles. The fourth-order valence-corrected chi connectivity index (χ4v) is 5.66. The summed E-state index contributed by atoms with van der Waals surface area (Å²) in [6.07, 6.45) is 4.30. The van der Waals surface area contributed by atoms with Crippen molar-refractivity contribution in [1.82, 2.24) is 18.8 Å². The molecular formula is C22H28N4O4S. The number of hydrogen-bond acceptors (Lipinski definition) is 6. The molecule has 0 N–H and O–H groups in total. The highest BCUT2D eigenvalue weighted by Crippen LogP contribution is 2.35. The highest BCUT2D eigenvalue weighted by molar-refractivity contribution is 7.89. The van der Waals surface area contributed by atoms with E-state index in [2.05, 4.69) is 23.4 Å². The summed E-state index contributed by atoms with van der Waals surface area (Å²) in [6, 6.07) is 6.60. The largest absolute Gasteiger partial charge is 0.493 e. The predicted molar refractivity (Wildman–Crippen MR) is 118 cm³/mol. The monoisotopic (exact) mass is 444 g/mol. The van der Waals surface area contributed by atoms with Crippen LogP contribution in [0, 0.1) is 5.92 Å². The van der Waals surface area contributed by atoms with Crippen LogP contribution in [0.5, 0.6) is 11.5 Å². The molecule has 9 heteroatoms. The van der Waals surface area contributed by atoms with E-state index < -0.39 is 10.0 Å². The maximum atomic E-state index is 13.3. The Morgan fingerprint density at radius 2 is 1.94 bits per heavy atom. The Kier molecular flexibility index (Phi) is 5.90. The van der Waals surface area contributed by atoms with Crippen molar-refractivity contribution >= 4 is 21.1 Å². The molecule has 3 heterocycles. The number of benzene rings is 1. The zero-order valence-corrected chi connectivity index (χ0v) is 19.1. The minimum absolute atomic E-state index is 0.0288. The van der Waals surface area contributed by atoms with Crippen LogP contribution < -0.4 is 9.47 Å². The minimum Gasteiger partial charge on any atom is -0.493 e. The van der Waals surface area contributed by atoms with Gasteiger partial charge in [-0.1, -0.05) is 13.8 Å². The van der Waals surface area contributed by atoms with Crippen LogP contribution in [0.3, 0.4) is 0 Å². The van der Waals surface area contributed by atoms with Gasteiger partial charge in [0.2, 0.25) is 10.0 Å². The van der Waals surface area contributed by atoms with E-state index in [0.717, 1.165) is 29.8 Å². The molecule has 1 atom stereocenters. The van der Waals surface area contributed by atoms with Crippen LogP contribution in [0.1, 0.15) is 32.0 Å². The number of pyridine rings is 1. The molecule has 8 nitrogen and oxygen atoms in total. The third-order valence-electron chi connectivity index (χ3n) is 5.64. The maximum Gasteiger partial charge on any atom is 0.243 e. The van der Waals surface area contributed by atoms with Crippen molar-refractivity contribution in [2.45, 2.75) is 37.6 Å². The van der Waals surface area contributed by atoms with Crippen LogP contribution in [0.2, 0.25) is 0 Å². The number of nitrogens with zero attached hydrogens (tertiary/aromatic N) is 4. The Hall–Kier alpha value is -2.65. The summed E-state index contributed by atoms with van der Waals surface area (Å²) in [5.74, 6) is 2.29. The van der Waals surface area contributed by atoms with Crippen LogP contribution in [-0.4, -0.2) is 54.6 Å². The van der Waals surface area contributed by atoms with Gasteiger partial charge >= 0.3 is 0 Å². The first-order chi connectivity index (χ1) is 14.8. The average Bonchev–Trinajstić information content (AvgIpc) is 3.39.